The lowest BCUT2D eigenvalue weighted by atomic mass is 10.2. The van der Waals surface area contributed by atoms with Gasteiger partial charge in [-0.25, -0.2) is 0 Å². The number of hydrogen-bond donors (Lipinski definition) is 1. The molecule has 2 rings (SSSR count). The lowest BCUT2D eigenvalue weighted by molar-refractivity contribution is -0.143. The monoisotopic (exact) mass is 242 g/mol. The lowest BCUT2D eigenvalue weighted by Gasteiger charge is -2.37. The van der Waals surface area contributed by atoms with Gasteiger partial charge < -0.3 is 9.84 Å². The van der Waals surface area contributed by atoms with Crippen LogP contribution in [0.1, 0.15) is 19.8 Å². The Morgan fingerprint density at radius 3 is 2.65 bits per heavy atom. The van der Waals surface area contributed by atoms with Gasteiger partial charge in [0, 0.05) is 39.3 Å². The van der Waals surface area contributed by atoms with E-state index in [-0.39, 0.29) is 6.04 Å². The molecule has 5 heteroatoms. The molecule has 2 saturated heterocycles. The molecule has 17 heavy (non-hydrogen) atoms. The molecule has 0 radical (unpaired) electrons. The SMILES string of the molecule is C[C@@H](C(=O)O)N1CCN(C[C@@H]2CCCO2)CC1. The van der Waals surface area contributed by atoms with E-state index in [1.165, 1.54) is 12.8 Å². The molecule has 0 aliphatic carbocycles. The zero-order valence-corrected chi connectivity index (χ0v) is 10.5. The van der Waals surface area contributed by atoms with Crippen LogP contribution in [-0.4, -0.2) is 72.4 Å². The number of carboxylic acid groups (broad SMARTS) is 1. The third-order valence-corrected chi connectivity index (χ3v) is 3.80. The molecule has 1 N–H and O–H groups in total. The molecule has 2 aliphatic rings. The fraction of sp³-hybridized carbons (Fsp3) is 0.917. The van der Waals surface area contributed by atoms with Crippen molar-refractivity contribution in [3.8, 4) is 0 Å². The topological polar surface area (TPSA) is 53.0 Å². The molecule has 2 heterocycles. The maximum atomic E-state index is 10.9. The summed E-state index contributed by atoms with van der Waals surface area (Å²) in [6.07, 6.45) is 2.75. The van der Waals surface area contributed by atoms with Crippen molar-refractivity contribution >= 4 is 5.97 Å². The van der Waals surface area contributed by atoms with E-state index in [9.17, 15) is 4.79 Å². The third-order valence-electron chi connectivity index (χ3n) is 3.80. The number of carboxylic acids is 1. The minimum Gasteiger partial charge on any atom is -0.480 e. The van der Waals surface area contributed by atoms with Crippen molar-refractivity contribution in [3.05, 3.63) is 0 Å². The van der Waals surface area contributed by atoms with Gasteiger partial charge in [-0.05, 0) is 19.8 Å². The Balaban J connectivity index is 1.72. The number of carbonyl (C=O) groups is 1. The molecular formula is C12H22N2O3. The standard InChI is InChI=1S/C12H22N2O3/c1-10(12(15)16)14-6-4-13(5-7-14)9-11-3-2-8-17-11/h10-11H,2-9H2,1H3,(H,15,16)/t10-,11-/m0/s1. The largest absolute Gasteiger partial charge is 0.480 e. The molecule has 0 bridgehead atoms. The predicted molar refractivity (Wildman–Crippen MR) is 64.1 cm³/mol. The van der Waals surface area contributed by atoms with Crippen LogP contribution in [0.25, 0.3) is 0 Å². The molecule has 0 aromatic carbocycles. The van der Waals surface area contributed by atoms with Gasteiger partial charge in [0.25, 0.3) is 0 Å². The minimum absolute atomic E-state index is 0.361. The number of rotatable bonds is 4. The van der Waals surface area contributed by atoms with E-state index in [1.54, 1.807) is 6.92 Å². The molecule has 2 atom stereocenters. The lowest BCUT2D eigenvalue weighted by Crippen LogP contribution is -2.52. The van der Waals surface area contributed by atoms with E-state index >= 15 is 0 Å². The van der Waals surface area contributed by atoms with Crippen molar-refractivity contribution in [2.24, 2.45) is 0 Å². The highest BCUT2D eigenvalue weighted by Gasteiger charge is 2.27. The molecule has 98 valence electrons. The van der Waals surface area contributed by atoms with Crippen LogP contribution in [0, 0.1) is 0 Å². The van der Waals surface area contributed by atoms with Gasteiger partial charge >= 0.3 is 5.97 Å². The van der Waals surface area contributed by atoms with Crippen LogP contribution in [-0.2, 0) is 9.53 Å². The smallest absolute Gasteiger partial charge is 0.320 e. The Labute approximate surface area is 102 Å². The van der Waals surface area contributed by atoms with Crippen molar-refractivity contribution in [1.82, 2.24) is 9.80 Å². The van der Waals surface area contributed by atoms with Crippen LogP contribution in [0.5, 0.6) is 0 Å². The highest BCUT2D eigenvalue weighted by atomic mass is 16.5. The number of nitrogens with zero attached hydrogens (tertiary/aromatic N) is 2. The van der Waals surface area contributed by atoms with E-state index in [2.05, 4.69) is 4.90 Å². The second-order valence-electron chi connectivity index (χ2n) is 4.99. The molecule has 5 nitrogen and oxygen atoms in total. The van der Waals surface area contributed by atoms with Crippen LogP contribution in [0.2, 0.25) is 0 Å². The van der Waals surface area contributed by atoms with E-state index in [0.717, 1.165) is 39.3 Å². The normalized spacial score (nSPS) is 29.4. The Bertz CT molecular complexity index is 258. The summed E-state index contributed by atoms with van der Waals surface area (Å²) in [6.45, 7) is 7.28. The van der Waals surface area contributed by atoms with Gasteiger partial charge in [-0.1, -0.05) is 0 Å². The molecule has 2 fully saturated rings. The van der Waals surface area contributed by atoms with Gasteiger partial charge in [0.2, 0.25) is 0 Å². The van der Waals surface area contributed by atoms with Gasteiger partial charge in [-0.2, -0.15) is 0 Å². The first kappa shape index (κ1) is 12.8. The van der Waals surface area contributed by atoms with Crippen LogP contribution >= 0.6 is 0 Å². The number of ether oxygens (including phenoxy) is 1. The summed E-state index contributed by atoms with van der Waals surface area (Å²) < 4.78 is 5.62. The molecular weight excluding hydrogens is 220 g/mol. The summed E-state index contributed by atoms with van der Waals surface area (Å²) in [7, 11) is 0. The molecule has 0 amide bonds. The first-order valence-corrected chi connectivity index (χ1v) is 6.47. The Hall–Kier alpha value is -0.650. The Morgan fingerprint density at radius 2 is 2.12 bits per heavy atom. The molecule has 0 saturated carbocycles. The average Bonchev–Trinajstić information content (AvgIpc) is 2.82. The Kier molecular flexibility index (Phi) is 4.36. The predicted octanol–water partition coefficient (Wildman–Crippen LogP) is 0.256. The van der Waals surface area contributed by atoms with Crippen LogP contribution in [0.4, 0.5) is 0 Å². The zero-order valence-electron chi connectivity index (χ0n) is 10.5. The van der Waals surface area contributed by atoms with Crippen LogP contribution in [0.3, 0.4) is 0 Å². The molecule has 0 unspecified atom stereocenters. The summed E-state index contributed by atoms with van der Waals surface area (Å²) in [5.41, 5.74) is 0. The van der Waals surface area contributed by atoms with Gasteiger partial charge in [-0.3, -0.25) is 14.6 Å². The summed E-state index contributed by atoms with van der Waals surface area (Å²) >= 11 is 0. The third kappa shape index (κ3) is 3.40. The highest BCUT2D eigenvalue weighted by molar-refractivity contribution is 5.72. The first-order valence-electron chi connectivity index (χ1n) is 6.47. The summed E-state index contributed by atoms with van der Waals surface area (Å²) in [4.78, 5) is 15.3. The van der Waals surface area contributed by atoms with Crippen LogP contribution in [0.15, 0.2) is 0 Å². The zero-order chi connectivity index (χ0) is 12.3. The molecule has 0 spiro atoms. The van der Waals surface area contributed by atoms with Crippen LogP contribution < -0.4 is 0 Å². The summed E-state index contributed by atoms with van der Waals surface area (Å²) in [5, 5.41) is 8.95. The second kappa shape index (κ2) is 5.80. The van der Waals surface area contributed by atoms with E-state index in [0.29, 0.717) is 6.10 Å². The average molecular weight is 242 g/mol. The maximum Gasteiger partial charge on any atom is 0.320 e. The van der Waals surface area contributed by atoms with Gasteiger partial charge in [0.05, 0.1) is 6.10 Å². The quantitative estimate of drug-likeness (QED) is 0.766. The fourth-order valence-corrected chi connectivity index (χ4v) is 2.57. The molecule has 2 aliphatic heterocycles. The van der Waals surface area contributed by atoms with E-state index < -0.39 is 5.97 Å². The molecule has 0 aromatic rings. The number of aliphatic carboxylic acids is 1. The summed E-state index contributed by atoms with van der Waals surface area (Å²) in [6, 6.07) is -0.361. The molecule has 0 aromatic heterocycles. The summed E-state index contributed by atoms with van der Waals surface area (Å²) in [5.74, 6) is -0.724. The van der Waals surface area contributed by atoms with Gasteiger partial charge in [0.15, 0.2) is 0 Å². The van der Waals surface area contributed by atoms with E-state index in [1.807, 2.05) is 4.90 Å². The van der Waals surface area contributed by atoms with Crippen molar-refractivity contribution in [2.45, 2.75) is 31.9 Å². The number of piperazine rings is 1. The van der Waals surface area contributed by atoms with Gasteiger partial charge in [0.1, 0.15) is 6.04 Å². The van der Waals surface area contributed by atoms with Crippen molar-refractivity contribution < 1.29 is 14.6 Å². The van der Waals surface area contributed by atoms with Crippen molar-refractivity contribution in [2.75, 3.05) is 39.3 Å². The van der Waals surface area contributed by atoms with E-state index in [4.69, 9.17) is 9.84 Å². The van der Waals surface area contributed by atoms with Gasteiger partial charge in [-0.15, -0.1) is 0 Å². The fourth-order valence-electron chi connectivity index (χ4n) is 2.57. The Morgan fingerprint density at radius 1 is 1.41 bits per heavy atom. The maximum absolute atomic E-state index is 10.9. The second-order valence-corrected chi connectivity index (χ2v) is 4.99. The van der Waals surface area contributed by atoms with Crippen molar-refractivity contribution in [3.63, 3.8) is 0 Å². The van der Waals surface area contributed by atoms with Crippen molar-refractivity contribution in [1.29, 1.82) is 0 Å². The highest BCUT2D eigenvalue weighted by Crippen LogP contribution is 2.15. The first-order chi connectivity index (χ1) is 8.16. The number of hydrogen-bond acceptors (Lipinski definition) is 4. The minimum atomic E-state index is -0.724.